The highest BCUT2D eigenvalue weighted by molar-refractivity contribution is 6.04. The molecule has 3 heterocycles. The van der Waals surface area contributed by atoms with Crippen molar-refractivity contribution < 1.29 is 14.0 Å². The molecule has 35 heavy (non-hydrogen) atoms. The largest absolute Gasteiger partial charge is 0.378 e. The average Bonchev–Trinajstić information content (AvgIpc) is 2.86. The normalized spacial score (nSPS) is 18.5. The Bertz CT molecular complexity index is 1330. The third kappa shape index (κ3) is 4.43. The van der Waals surface area contributed by atoms with Crippen LogP contribution in [0.5, 0.6) is 0 Å². The van der Waals surface area contributed by atoms with Gasteiger partial charge < -0.3 is 19.7 Å². The summed E-state index contributed by atoms with van der Waals surface area (Å²) in [6.07, 6.45) is 0.921. The zero-order valence-corrected chi connectivity index (χ0v) is 19.7. The van der Waals surface area contributed by atoms with E-state index < -0.39 is 11.7 Å². The van der Waals surface area contributed by atoms with Crippen molar-refractivity contribution in [1.29, 1.82) is 0 Å². The van der Waals surface area contributed by atoms with Gasteiger partial charge in [0, 0.05) is 62.2 Å². The molecule has 2 aliphatic rings. The molecule has 2 unspecified atom stereocenters. The number of carbonyl (C=O) groups is 2. The number of pyridine rings is 1. The number of nitrogens with zero attached hydrogens (tertiary/aromatic N) is 3. The van der Waals surface area contributed by atoms with E-state index in [-0.39, 0.29) is 34.6 Å². The van der Waals surface area contributed by atoms with Gasteiger partial charge in [-0.25, -0.2) is 4.39 Å². The van der Waals surface area contributed by atoms with Gasteiger partial charge in [0.05, 0.1) is 0 Å². The molecule has 2 amide bonds. The first kappa shape index (κ1) is 22.8. The van der Waals surface area contributed by atoms with E-state index in [1.165, 1.54) is 24.3 Å². The number of piperidine rings is 1. The lowest BCUT2D eigenvalue weighted by Gasteiger charge is -2.43. The minimum atomic E-state index is -0.462. The maximum absolute atomic E-state index is 13.2. The van der Waals surface area contributed by atoms with E-state index >= 15 is 0 Å². The summed E-state index contributed by atoms with van der Waals surface area (Å²) in [4.78, 5) is 42.8. The third-order valence-electron chi connectivity index (χ3n) is 6.88. The molecule has 8 heteroatoms. The minimum absolute atomic E-state index is 0.00369. The van der Waals surface area contributed by atoms with Gasteiger partial charge in [-0.1, -0.05) is 0 Å². The molecular formula is C27H27FN4O3. The molecule has 2 aliphatic heterocycles. The Balaban J connectivity index is 1.34. The Morgan fingerprint density at radius 1 is 0.914 bits per heavy atom. The quantitative estimate of drug-likeness (QED) is 0.628. The van der Waals surface area contributed by atoms with Crippen LogP contribution < -0.4 is 15.8 Å². The van der Waals surface area contributed by atoms with Gasteiger partial charge in [-0.05, 0) is 73.0 Å². The number of halogens is 1. The standard InChI is InChI=1S/C27H27FN4O3/c1-30(2)22-9-5-19(6-10-22)26(34)31-14-17-13-20(16-31)24-12-11-23(27(35)32(24)15-17)29-25(33)18-3-7-21(28)8-4-18/h3-12,17,20H,13-16H2,1-2H3,(H,29,33). The van der Waals surface area contributed by atoms with Crippen LogP contribution >= 0.6 is 0 Å². The van der Waals surface area contributed by atoms with Crippen molar-refractivity contribution in [3.8, 4) is 0 Å². The highest BCUT2D eigenvalue weighted by atomic mass is 19.1. The number of amides is 2. The molecule has 1 fully saturated rings. The highest BCUT2D eigenvalue weighted by Crippen LogP contribution is 2.36. The summed E-state index contributed by atoms with van der Waals surface area (Å²) in [7, 11) is 3.92. The van der Waals surface area contributed by atoms with Crippen LogP contribution in [0.2, 0.25) is 0 Å². The van der Waals surface area contributed by atoms with Gasteiger partial charge in [-0.15, -0.1) is 0 Å². The van der Waals surface area contributed by atoms with Crippen molar-refractivity contribution in [2.24, 2.45) is 5.92 Å². The molecule has 1 N–H and O–H groups in total. The van der Waals surface area contributed by atoms with Gasteiger partial charge in [-0.2, -0.15) is 0 Å². The smallest absolute Gasteiger partial charge is 0.274 e. The SMILES string of the molecule is CN(C)c1ccc(C(=O)N2CC3CC(C2)c2ccc(NC(=O)c4ccc(F)cc4)c(=O)n2C3)cc1. The maximum atomic E-state index is 13.2. The van der Waals surface area contributed by atoms with Crippen molar-refractivity contribution in [3.63, 3.8) is 0 Å². The second-order valence-electron chi connectivity index (χ2n) is 9.50. The van der Waals surface area contributed by atoms with Crippen molar-refractivity contribution in [3.05, 3.63) is 93.7 Å². The number of hydrogen-bond donors (Lipinski definition) is 1. The van der Waals surface area contributed by atoms with E-state index in [9.17, 15) is 18.8 Å². The summed E-state index contributed by atoms with van der Waals surface area (Å²) in [5.41, 5.74) is 2.79. The lowest BCUT2D eigenvalue weighted by atomic mass is 9.83. The van der Waals surface area contributed by atoms with E-state index in [1.807, 2.05) is 54.2 Å². The summed E-state index contributed by atoms with van der Waals surface area (Å²) in [5.74, 6) is -0.672. The summed E-state index contributed by atoms with van der Waals surface area (Å²) in [5, 5.41) is 2.66. The Labute approximate surface area is 202 Å². The van der Waals surface area contributed by atoms with Crippen LogP contribution in [0.1, 0.15) is 38.7 Å². The first-order valence-electron chi connectivity index (χ1n) is 11.7. The van der Waals surface area contributed by atoms with E-state index in [0.29, 0.717) is 25.2 Å². The third-order valence-corrected chi connectivity index (χ3v) is 6.88. The summed E-state index contributed by atoms with van der Waals surface area (Å²) in [6, 6.07) is 16.3. The Hall–Kier alpha value is -3.94. The molecule has 1 aromatic heterocycles. The molecule has 180 valence electrons. The molecule has 0 spiro atoms. The molecule has 1 saturated heterocycles. The molecule has 2 aromatic carbocycles. The predicted molar refractivity (Wildman–Crippen MR) is 133 cm³/mol. The van der Waals surface area contributed by atoms with Crippen LogP contribution in [0.4, 0.5) is 15.8 Å². The average molecular weight is 475 g/mol. The first-order chi connectivity index (χ1) is 16.8. The topological polar surface area (TPSA) is 74.7 Å². The zero-order valence-electron chi connectivity index (χ0n) is 19.7. The fraction of sp³-hybridized carbons (Fsp3) is 0.296. The molecule has 0 aliphatic carbocycles. The van der Waals surface area contributed by atoms with E-state index in [1.54, 1.807) is 10.6 Å². The Morgan fingerprint density at radius 2 is 1.60 bits per heavy atom. The first-order valence-corrected chi connectivity index (χ1v) is 11.7. The van der Waals surface area contributed by atoms with Crippen molar-refractivity contribution in [2.45, 2.75) is 18.9 Å². The van der Waals surface area contributed by atoms with E-state index in [4.69, 9.17) is 0 Å². The molecular weight excluding hydrogens is 447 g/mol. The molecule has 0 saturated carbocycles. The van der Waals surface area contributed by atoms with Gasteiger partial charge >= 0.3 is 0 Å². The molecule has 3 aromatic rings. The van der Waals surface area contributed by atoms with Gasteiger partial charge in [0.2, 0.25) is 0 Å². The number of fused-ring (bicyclic) bond motifs is 4. The summed E-state index contributed by atoms with van der Waals surface area (Å²) in [6.45, 7) is 1.63. The fourth-order valence-corrected chi connectivity index (χ4v) is 5.09. The molecule has 0 radical (unpaired) electrons. The molecule has 2 atom stereocenters. The van der Waals surface area contributed by atoms with Crippen LogP contribution in [-0.4, -0.2) is 48.5 Å². The number of aromatic nitrogens is 1. The van der Waals surface area contributed by atoms with Crippen molar-refractivity contribution in [2.75, 3.05) is 37.4 Å². The Morgan fingerprint density at radius 3 is 2.29 bits per heavy atom. The number of rotatable bonds is 4. The maximum Gasteiger partial charge on any atom is 0.274 e. The van der Waals surface area contributed by atoms with Crippen LogP contribution in [0.3, 0.4) is 0 Å². The summed E-state index contributed by atoms with van der Waals surface area (Å²) >= 11 is 0. The van der Waals surface area contributed by atoms with Crippen LogP contribution in [0.15, 0.2) is 65.5 Å². The lowest BCUT2D eigenvalue weighted by Crippen LogP contribution is -2.49. The number of hydrogen-bond acceptors (Lipinski definition) is 4. The molecule has 2 bridgehead atoms. The van der Waals surface area contributed by atoms with Gasteiger partial charge in [0.15, 0.2) is 0 Å². The van der Waals surface area contributed by atoms with Gasteiger partial charge in [0.1, 0.15) is 11.5 Å². The monoisotopic (exact) mass is 474 g/mol. The van der Waals surface area contributed by atoms with Crippen molar-refractivity contribution in [1.82, 2.24) is 9.47 Å². The van der Waals surface area contributed by atoms with Crippen LogP contribution in [0.25, 0.3) is 0 Å². The van der Waals surface area contributed by atoms with E-state index in [0.717, 1.165) is 17.8 Å². The molecule has 5 rings (SSSR count). The predicted octanol–water partition coefficient (Wildman–Crippen LogP) is 3.57. The Kier molecular flexibility index (Phi) is 5.88. The zero-order chi connectivity index (χ0) is 24.7. The number of carbonyl (C=O) groups excluding carboxylic acids is 2. The van der Waals surface area contributed by atoms with Gasteiger partial charge in [0.25, 0.3) is 17.4 Å². The number of anilines is 2. The van der Waals surface area contributed by atoms with Crippen LogP contribution in [0, 0.1) is 11.7 Å². The number of likely N-dealkylation sites (tertiary alicyclic amines) is 1. The number of nitrogens with one attached hydrogen (secondary N) is 1. The minimum Gasteiger partial charge on any atom is -0.378 e. The van der Waals surface area contributed by atoms with Crippen molar-refractivity contribution >= 4 is 23.2 Å². The van der Waals surface area contributed by atoms with Crippen LogP contribution in [-0.2, 0) is 6.54 Å². The van der Waals surface area contributed by atoms with Gasteiger partial charge in [-0.3, -0.25) is 14.4 Å². The summed E-state index contributed by atoms with van der Waals surface area (Å²) < 4.78 is 14.9. The number of benzene rings is 2. The second kappa shape index (κ2) is 9.02. The second-order valence-corrected chi connectivity index (χ2v) is 9.50. The highest BCUT2D eigenvalue weighted by Gasteiger charge is 2.37. The molecule has 7 nitrogen and oxygen atoms in total. The fourth-order valence-electron chi connectivity index (χ4n) is 5.09. The lowest BCUT2D eigenvalue weighted by molar-refractivity contribution is 0.0594. The van der Waals surface area contributed by atoms with E-state index in [2.05, 4.69) is 5.32 Å².